The standard InChI is InChI=1S/C14H15ClN2OS/c1-9-3-5-11(18-9)8-17(2)13-6-4-10(14(16)19)7-12(13)15/h3-7H,8H2,1-2H3,(H2,16,19). The van der Waals surface area contributed by atoms with Crippen LogP contribution >= 0.6 is 23.8 Å². The van der Waals surface area contributed by atoms with Crippen molar-refractivity contribution in [2.75, 3.05) is 11.9 Å². The molecule has 1 aromatic carbocycles. The van der Waals surface area contributed by atoms with Gasteiger partial charge in [0.25, 0.3) is 0 Å². The molecule has 0 spiro atoms. The number of rotatable bonds is 4. The molecule has 0 radical (unpaired) electrons. The zero-order valence-electron chi connectivity index (χ0n) is 10.8. The van der Waals surface area contributed by atoms with Crippen LogP contribution in [0.1, 0.15) is 17.1 Å². The summed E-state index contributed by atoms with van der Waals surface area (Å²) in [5.41, 5.74) is 7.26. The highest BCUT2D eigenvalue weighted by Crippen LogP contribution is 2.27. The molecule has 0 atom stereocenters. The van der Waals surface area contributed by atoms with Crippen molar-refractivity contribution in [3.8, 4) is 0 Å². The number of thiocarbonyl (C=S) groups is 1. The Bertz CT molecular complexity index is 609. The van der Waals surface area contributed by atoms with E-state index < -0.39 is 0 Å². The van der Waals surface area contributed by atoms with Crippen LogP contribution in [0.15, 0.2) is 34.7 Å². The monoisotopic (exact) mass is 294 g/mol. The van der Waals surface area contributed by atoms with Gasteiger partial charge in [0.1, 0.15) is 16.5 Å². The molecule has 100 valence electrons. The van der Waals surface area contributed by atoms with Gasteiger partial charge >= 0.3 is 0 Å². The third-order valence-corrected chi connectivity index (χ3v) is 3.37. The average Bonchev–Trinajstić information content (AvgIpc) is 2.74. The van der Waals surface area contributed by atoms with Gasteiger partial charge in [-0.15, -0.1) is 0 Å². The minimum Gasteiger partial charge on any atom is -0.464 e. The van der Waals surface area contributed by atoms with Gasteiger partial charge in [0, 0.05) is 12.6 Å². The molecule has 0 saturated carbocycles. The molecule has 1 aromatic heterocycles. The van der Waals surface area contributed by atoms with E-state index in [9.17, 15) is 0 Å². The number of nitrogens with zero attached hydrogens (tertiary/aromatic N) is 1. The second-order valence-electron chi connectivity index (χ2n) is 4.40. The second-order valence-corrected chi connectivity index (χ2v) is 5.25. The molecule has 5 heteroatoms. The molecule has 19 heavy (non-hydrogen) atoms. The van der Waals surface area contributed by atoms with Crippen LogP contribution in [0.4, 0.5) is 5.69 Å². The molecule has 0 unspecified atom stereocenters. The fourth-order valence-corrected chi connectivity index (χ4v) is 2.31. The summed E-state index contributed by atoms with van der Waals surface area (Å²) in [5, 5.41) is 0.621. The van der Waals surface area contributed by atoms with Gasteiger partial charge in [-0.2, -0.15) is 0 Å². The van der Waals surface area contributed by atoms with Crippen LogP contribution in [0.3, 0.4) is 0 Å². The lowest BCUT2D eigenvalue weighted by atomic mass is 10.2. The maximum atomic E-state index is 6.25. The molecule has 0 aliphatic heterocycles. The smallest absolute Gasteiger partial charge is 0.123 e. The highest BCUT2D eigenvalue weighted by molar-refractivity contribution is 7.80. The Balaban J connectivity index is 2.19. The maximum absolute atomic E-state index is 6.25. The number of furan rings is 1. The quantitative estimate of drug-likeness (QED) is 0.876. The van der Waals surface area contributed by atoms with Crippen molar-refractivity contribution >= 4 is 34.5 Å². The van der Waals surface area contributed by atoms with Crippen LogP contribution in [0.2, 0.25) is 5.02 Å². The molecule has 2 N–H and O–H groups in total. The molecule has 0 bridgehead atoms. The van der Waals surface area contributed by atoms with Gasteiger partial charge in [-0.1, -0.05) is 23.8 Å². The average molecular weight is 295 g/mol. The number of nitrogens with two attached hydrogens (primary N) is 1. The van der Waals surface area contributed by atoms with Crippen LogP contribution in [-0.4, -0.2) is 12.0 Å². The largest absolute Gasteiger partial charge is 0.464 e. The third-order valence-electron chi connectivity index (χ3n) is 2.83. The predicted molar refractivity (Wildman–Crippen MR) is 82.9 cm³/mol. The maximum Gasteiger partial charge on any atom is 0.123 e. The molecule has 0 fully saturated rings. The zero-order chi connectivity index (χ0) is 14.0. The third kappa shape index (κ3) is 3.28. The minimum atomic E-state index is 0.345. The first-order valence-corrected chi connectivity index (χ1v) is 6.62. The van der Waals surface area contributed by atoms with E-state index in [2.05, 4.69) is 0 Å². The number of hydrogen-bond donors (Lipinski definition) is 1. The van der Waals surface area contributed by atoms with Crippen LogP contribution < -0.4 is 10.6 Å². The number of anilines is 1. The summed E-state index contributed by atoms with van der Waals surface area (Å²) in [6.45, 7) is 2.58. The number of benzene rings is 1. The first kappa shape index (κ1) is 13.9. The molecule has 2 aromatic rings. The summed E-state index contributed by atoms with van der Waals surface area (Å²) in [5.74, 6) is 1.80. The van der Waals surface area contributed by atoms with Crippen molar-refractivity contribution in [1.82, 2.24) is 0 Å². The normalized spacial score (nSPS) is 10.5. The van der Waals surface area contributed by atoms with Crippen molar-refractivity contribution in [2.24, 2.45) is 5.73 Å². The van der Waals surface area contributed by atoms with Crippen LogP contribution in [0.25, 0.3) is 0 Å². The van der Waals surface area contributed by atoms with Crippen molar-refractivity contribution in [2.45, 2.75) is 13.5 Å². The van der Waals surface area contributed by atoms with Gasteiger partial charge in [0.15, 0.2) is 0 Å². The van der Waals surface area contributed by atoms with E-state index in [0.717, 1.165) is 22.8 Å². The molecular weight excluding hydrogens is 280 g/mol. The Labute approximate surface area is 123 Å². The summed E-state index contributed by atoms with van der Waals surface area (Å²) < 4.78 is 5.55. The Morgan fingerprint density at radius 1 is 1.37 bits per heavy atom. The molecule has 0 aliphatic rings. The van der Waals surface area contributed by atoms with E-state index >= 15 is 0 Å². The van der Waals surface area contributed by atoms with Gasteiger partial charge in [0.2, 0.25) is 0 Å². The van der Waals surface area contributed by atoms with E-state index in [1.54, 1.807) is 6.07 Å². The molecule has 0 aliphatic carbocycles. The summed E-state index contributed by atoms with van der Waals surface area (Å²) in [6.07, 6.45) is 0. The number of halogens is 1. The summed E-state index contributed by atoms with van der Waals surface area (Å²) in [7, 11) is 1.96. The summed E-state index contributed by atoms with van der Waals surface area (Å²) in [6, 6.07) is 9.47. The first-order valence-electron chi connectivity index (χ1n) is 5.83. The fourth-order valence-electron chi connectivity index (χ4n) is 1.86. The highest BCUT2D eigenvalue weighted by atomic mass is 35.5. The summed E-state index contributed by atoms with van der Waals surface area (Å²) >= 11 is 11.2. The number of hydrogen-bond acceptors (Lipinski definition) is 3. The Kier molecular flexibility index (Phi) is 4.12. The van der Waals surface area contributed by atoms with E-state index in [-0.39, 0.29) is 0 Å². The van der Waals surface area contributed by atoms with Crippen molar-refractivity contribution in [1.29, 1.82) is 0 Å². The van der Waals surface area contributed by atoms with Crippen LogP contribution in [0, 0.1) is 6.92 Å². The van der Waals surface area contributed by atoms with Gasteiger partial charge in [-0.3, -0.25) is 0 Å². The lowest BCUT2D eigenvalue weighted by Gasteiger charge is -2.19. The fraction of sp³-hybridized carbons (Fsp3) is 0.214. The van der Waals surface area contributed by atoms with Gasteiger partial charge < -0.3 is 15.1 Å². The lowest BCUT2D eigenvalue weighted by Crippen LogP contribution is -2.17. The topological polar surface area (TPSA) is 42.4 Å². The Hall–Kier alpha value is -1.52. The summed E-state index contributed by atoms with van der Waals surface area (Å²) in [4.78, 5) is 2.36. The lowest BCUT2D eigenvalue weighted by molar-refractivity contribution is 0.482. The van der Waals surface area contributed by atoms with E-state index in [1.807, 2.05) is 43.1 Å². The number of aryl methyl sites for hydroxylation is 1. The van der Waals surface area contributed by atoms with Gasteiger partial charge in [-0.25, -0.2) is 0 Å². The molecule has 3 nitrogen and oxygen atoms in total. The SMILES string of the molecule is Cc1ccc(CN(C)c2ccc(C(N)=S)cc2Cl)o1. The van der Waals surface area contributed by atoms with Crippen molar-refractivity contribution < 1.29 is 4.42 Å². The van der Waals surface area contributed by atoms with Crippen LogP contribution in [-0.2, 0) is 6.54 Å². The van der Waals surface area contributed by atoms with Gasteiger partial charge in [0.05, 0.1) is 17.3 Å². The molecule has 2 rings (SSSR count). The Morgan fingerprint density at radius 3 is 2.63 bits per heavy atom. The first-order chi connectivity index (χ1) is 8.97. The van der Waals surface area contributed by atoms with Crippen molar-refractivity contribution in [3.63, 3.8) is 0 Å². The highest BCUT2D eigenvalue weighted by Gasteiger charge is 2.10. The molecule has 1 heterocycles. The van der Waals surface area contributed by atoms with E-state index in [4.69, 9.17) is 34.0 Å². The van der Waals surface area contributed by atoms with Gasteiger partial charge in [-0.05, 0) is 37.3 Å². The van der Waals surface area contributed by atoms with E-state index in [0.29, 0.717) is 16.6 Å². The van der Waals surface area contributed by atoms with Crippen molar-refractivity contribution in [3.05, 3.63) is 52.4 Å². The molecule has 0 saturated heterocycles. The predicted octanol–water partition coefficient (Wildman–Crippen LogP) is 3.51. The minimum absolute atomic E-state index is 0.345. The van der Waals surface area contributed by atoms with E-state index in [1.165, 1.54) is 0 Å². The van der Waals surface area contributed by atoms with Crippen LogP contribution in [0.5, 0.6) is 0 Å². The molecular formula is C14H15ClN2OS. The second kappa shape index (κ2) is 5.63. The molecule has 0 amide bonds. The Morgan fingerprint density at radius 2 is 2.11 bits per heavy atom. The zero-order valence-corrected chi connectivity index (χ0v) is 12.4.